The lowest BCUT2D eigenvalue weighted by Crippen LogP contribution is -2.51. The zero-order valence-corrected chi connectivity index (χ0v) is 16.1. The van der Waals surface area contributed by atoms with Crippen LogP contribution in [0.3, 0.4) is 0 Å². The van der Waals surface area contributed by atoms with E-state index in [9.17, 15) is 4.79 Å². The third-order valence-electron chi connectivity index (χ3n) is 5.42. The van der Waals surface area contributed by atoms with Crippen molar-refractivity contribution in [1.29, 1.82) is 0 Å². The second kappa shape index (κ2) is 7.55. The van der Waals surface area contributed by atoms with Gasteiger partial charge in [-0.1, -0.05) is 6.07 Å². The molecule has 0 radical (unpaired) electrons. The van der Waals surface area contributed by atoms with Crippen LogP contribution in [0.5, 0.6) is 0 Å². The van der Waals surface area contributed by atoms with E-state index in [0.29, 0.717) is 5.76 Å². The molecule has 1 spiro atoms. The van der Waals surface area contributed by atoms with E-state index in [-0.39, 0.29) is 11.5 Å². The van der Waals surface area contributed by atoms with Gasteiger partial charge in [0, 0.05) is 37.6 Å². The van der Waals surface area contributed by atoms with Crippen LogP contribution in [0.2, 0.25) is 0 Å². The first-order chi connectivity index (χ1) is 12.6. The molecule has 0 saturated carbocycles. The van der Waals surface area contributed by atoms with Crippen LogP contribution in [0.15, 0.2) is 34.1 Å². The molecule has 0 bridgehead atoms. The Morgan fingerprint density at radius 1 is 1.23 bits per heavy atom. The van der Waals surface area contributed by atoms with Gasteiger partial charge in [-0.15, -0.1) is 11.3 Å². The molecule has 140 valence electrons. The van der Waals surface area contributed by atoms with Gasteiger partial charge in [-0.2, -0.15) is 0 Å². The van der Waals surface area contributed by atoms with Crippen molar-refractivity contribution >= 4 is 17.2 Å². The number of furan rings is 1. The largest absolute Gasteiger partial charge is 0.456 e. The first kappa shape index (κ1) is 17.8. The monoisotopic (exact) mass is 374 g/mol. The number of hydrogen-bond acceptors (Lipinski definition) is 5. The normalized spacial score (nSPS) is 24.7. The molecule has 6 heteroatoms. The first-order valence-corrected chi connectivity index (χ1v) is 10.3. The minimum atomic E-state index is -0.121. The van der Waals surface area contributed by atoms with Gasteiger partial charge in [0.05, 0.1) is 12.2 Å². The second-order valence-electron chi connectivity index (χ2n) is 7.38. The molecule has 5 nitrogen and oxygen atoms in total. The minimum Gasteiger partial charge on any atom is -0.456 e. The molecular weight excluding hydrogens is 348 g/mol. The number of morpholine rings is 1. The van der Waals surface area contributed by atoms with Crippen LogP contribution in [-0.4, -0.2) is 54.1 Å². The Morgan fingerprint density at radius 3 is 2.92 bits per heavy atom. The minimum absolute atomic E-state index is 0.00130. The van der Waals surface area contributed by atoms with Gasteiger partial charge in [0.25, 0.3) is 5.91 Å². The highest BCUT2D eigenvalue weighted by atomic mass is 32.1. The Bertz CT molecular complexity index is 742. The summed E-state index contributed by atoms with van der Waals surface area (Å²) in [6, 6.07) is 7.94. The molecule has 4 rings (SSSR count). The molecule has 2 saturated heterocycles. The highest BCUT2D eigenvalue weighted by Gasteiger charge is 2.39. The van der Waals surface area contributed by atoms with E-state index < -0.39 is 0 Å². The smallest absolute Gasteiger partial charge is 0.289 e. The van der Waals surface area contributed by atoms with Crippen LogP contribution in [0.4, 0.5) is 0 Å². The summed E-state index contributed by atoms with van der Waals surface area (Å²) in [5.74, 6) is 1.23. The van der Waals surface area contributed by atoms with Crippen LogP contribution >= 0.6 is 11.3 Å². The van der Waals surface area contributed by atoms with E-state index in [1.807, 2.05) is 29.2 Å². The lowest BCUT2D eigenvalue weighted by molar-refractivity contribution is -0.117. The third-order valence-corrected chi connectivity index (χ3v) is 6.28. The van der Waals surface area contributed by atoms with Gasteiger partial charge >= 0.3 is 0 Å². The highest BCUT2D eigenvalue weighted by Crippen LogP contribution is 2.31. The molecule has 2 fully saturated rings. The van der Waals surface area contributed by atoms with E-state index in [2.05, 4.69) is 22.4 Å². The molecule has 26 heavy (non-hydrogen) atoms. The average Bonchev–Trinajstić information content (AvgIpc) is 3.25. The van der Waals surface area contributed by atoms with Gasteiger partial charge in [0.1, 0.15) is 5.76 Å². The van der Waals surface area contributed by atoms with E-state index in [0.717, 1.165) is 64.4 Å². The number of thiophene rings is 1. The lowest BCUT2D eigenvalue weighted by atomic mass is 9.92. The molecule has 0 aliphatic carbocycles. The fourth-order valence-electron chi connectivity index (χ4n) is 4.06. The Kier molecular flexibility index (Phi) is 5.16. The molecule has 0 N–H and O–H groups in total. The molecular formula is C20H26N2O3S. The van der Waals surface area contributed by atoms with Crippen LogP contribution in [-0.2, 0) is 11.3 Å². The molecule has 1 atom stereocenters. The number of ether oxygens (including phenoxy) is 1. The molecule has 2 aliphatic rings. The van der Waals surface area contributed by atoms with E-state index in [4.69, 9.17) is 9.15 Å². The number of aryl methyl sites for hydroxylation is 1. The summed E-state index contributed by atoms with van der Waals surface area (Å²) >= 11 is 1.81. The Morgan fingerprint density at radius 2 is 2.15 bits per heavy atom. The van der Waals surface area contributed by atoms with Gasteiger partial charge in [0.2, 0.25) is 0 Å². The van der Waals surface area contributed by atoms with Crippen molar-refractivity contribution < 1.29 is 13.9 Å². The summed E-state index contributed by atoms with van der Waals surface area (Å²) in [7, 11) is 0. The maximum Gasteiger partial charge on any atom is 0.289 e. The Balaban J connectivity index is 1.39. The molecule has 1 unspecified atom stereocenters. The fourth-order valence-corrected chi connectivity index (χ4v) is 4.81. The van der Waals surface area contributed by atoms with Crippen LogP contribution in [0, 0.1) is 6.92 Å². The van der Waals surface area contributed by atoms with Crippen molar-refractivity contribution in [3.05, 3.63) is 46.0 Å². The van der Waals surface area contributed by atoms with Gasteiger partial charge in [-0.3, -0.25) is 9.69 Å². The lowest BCUT2D eigenvalue weighted by Gasteiger charge is -2.42. The summed E-state index contributed by atoms with van der Waals surface area (Å²) in [6.45, 7) is 7.07. The summed E-state index contributed by atoms with van der Waals surface area (Å²) in [5.41, 5.74) is -0.121. The maximum absolute atomic E-state index is 12.7. The predicted molar refractivity (Wildman–Crippen MR) is 101 cm³/mol. The van der Waals surface area contributed by atoms with E-state index in [1.54, 1.807) is 6.07 Å². The Labute approximate surface area is 158 Å². The van der Waals surface area contributed by atoms with Crippen molar-refractivity contribution in [1.82, 2.24) is 9.80 Å². The number of carbonyl (C=O) groups is 1. The van der Waals surface area contributed by atoms with Crippen molar-refractivity contribution in [2.75, 3.05) is 32.8 Å². The van der Waals surface area contributed by atoms with Gasteiger partial charge < -0.3 is 14.1 Å². The van der Waals surface area contributed by atoms with Gasteiger partial charge in [-0.05, 0) is 49.8 Å². The van der Waals surface area contributed by atoms with Gasteiger partial charge in [0.15, 0.2) is 5.76 Å². The number of hydrogen-bond donors (Lipinski definition) is 0. The molecule has 2 aromatic heterocycles. The topological polar surface area (TPSA) is 45.9 Å². The number of carbonyl (C=O) groups excluding carboxylic acids is 1. The number of rotatable bonds is 3. The number of nitrogens with zero attached hydrogens (tertiary/aromatic N) is 2. The predicted octanol–water partition coefficient (Wildman–Crippen LogP) is 3.55. The molecule has 2 aromatic rings. The summed E-state index contributed by atoms with van der Waals surface area (Å²) < 4.78 is 11.8. The van der Waals surface area contributed by atoms with Crippen LogP contribution in [0.1, 0.15) is 40.5 Å². The molecule has 4 heterocycles. The van der Waals surface area contributed by atoms with Crippen molar-refractivity contribution in [2.45, 2.75) is 38.3 Å². The number of amides is 1. The summed E-state index contributed by atoms with van der Waals surface area (Å²) in [6.07, 6.45) is 2.87. The molecule has 1 amide bonds. The quantitative estimate of drug-likeness (QED) is 0.824. The molecule has 2 aliphatic heterocycles. The summed E-state index contributed by atoms with van der Waals surface area (Å²) in [5, 5.41) is 2.14. The second-order valence-corrected chi connectivity index (χ2v) is 8.41. The standard InChI is InChI=1S/C20H26N2O3S/c1-16-5-6-18(25-16)19(23)22-9-3-7-20(8-10-22)15-21(11-12-24-20)14-17-4-2-13-26-17/h2,4-6,13H,3,7-12,14-15H2,1H3. The van der Waals surface area contributed by atoms with E-state index in [1.165, 1.54) is 4.88 Å². The highest BCUT2D eigenvalue weighted by molar-refractivity contribution is 7.09. The fraction of sp³-hybridized carbons (Fsp3) is 0.550. The zero-order valence-electron chi connectivity index (χ0n) is 15.3. The SMILES string of the molecule is Cc1ccc(C(=O)N2CCCC3(CC2)CN(Cc2cccs2)CCO3)o1. The first-order valence-electron chi connectivity index (χ1n) is 9.38. The molecule has 0 aromatic carbocycles. The third kappa shape index (κ3) is 3.87. The average molecular weight is 375 g/mol. The van der Waals surface area contributed by atoms with E-state index >= 15 is 0 Å². The summed E-state index contributed by atoms with van der Waals surface area (Å²) in [4.78, 5) is 18.5. The van der Waals surface area contributed by atoms with Gasteiger partial charge in [-0.25, -0.2) is 0 Å². The van der Waals surface area contributed by atoms with Crippen molar-refractivity contribution in [3.63, 3.8) is 0 Å². The van der Waals surface area contributed by atoms with Crippen molar-refractivity contribution in [2.24, 2.45) is 0 Å². The van der Waals surface area contributed by atoms with Crippen LogP contribution < -0.4 is 0 Å². The van der Waals surface area contributed by atoms with Crippen LogP contribution in [0.25, 0.3) is 0 Å². The van der Waals surface area contributed by atoms with Crippen molar-refractivity contribution in [3.8, 4) is 0 Å². The zero-order chi connectivity index (χ0) is 18.0. The number of likely N-dealkylation sites (tertiary alicyclic amines) is 1. The Hall–Kier alpha value is -1.63. The maximum atomic E-state index is 12.7.